The fourth-order valence-corrected chi connectivity index (χ4v) is 2.17. The Morgan fingerprint density at radius 1 is 1.56 bits per heavy atom. The molecule has 0 radical (unpaired) electrons. The second-order valence-corrected chi connectivity index (χ2v) is 5.75. The molecule has 0 aliphatic heterocycles. The summed E-state index contributed by atoms with van der Waals surface area (Å²) in [5.74, 6) is -0.826. The van der Waals surface area contributed by atoms with E-state index in [2.05, 4.69) is 21.2 Å². The summed E-state index contributed by atoms with van der Waals surface area (Å²) in [5, 5.41) is 13.0. The maximum absolute atomic E-state index is 11.3. The number of carboxylic acids is 1. The second kappa shape index (κ2) is 6.55. The average Bonchev–Trinajstić information content (AvgIpc) is 2.31. The van der Waals surface area contributed by atoms with E-state index < -0.39 is 11.5 Å². The highest BCUT2D eigenvalue weighted by molar-refractivity contribution is 9.10. The summed E-state index contributed by atoms with van der Waals surface area (Å²) in [6, 6.07) is 5.60. The topological polar surface area (TPSA) is 49.3 Å². The lowest BCUT2D eigenvalue weighted by Crippen LogP contribution is -2.48. The number of rotatable bonds is 6. The maximum Gasteiger partial charge on any atom is 0.323 e. The van der Waals surface area contributed by atoms with E-state index in [1.54, 1.807) is 6.92 Å². The minimum atomic E-state index is -0.895. The number of aliphatic carboxylic acids is 1. The normalized spacial score (nSPS) is 14.2. The molecule has 0 saturated heterocycles. The van der Waals surface area contributed by atoms with Crippen molar-refractivity contribution < 1.29 is 9.90 Å². The minimum absolute atomic E-state index is 0.482. The number of carbonyl (C=O) groups is 1. The van der Waals surface area contributed by atoms with Crippen molar-refractivity contribution in [3.05, 3.63) is 33.3 Å². The van der Waals surface area contributed by atoms with Gasteiger partial charge in [0.15, 0.2) is 0 Å². The zero-order valence-corrected chi connectivity index (χ0v) is 12.8. The van der Waals surface area contributed by atoms with Gasteiger partial charge >= 0.3 is 5.97 Å². The quantitative estimate of drug-likeness (QED) is 0.831. The van der Waals surface area contributed by atoms with Crippen molar-refractivity contribution in [3.8, 4) is 0 Å². The summed E-state index contributed by atoms with van der Waals surface area (Å²) >= 11 is 9.32. The highest BCUT2D eigenvalue weighted by Crippen LogP contribution is 2.23. The van der Waals surface area contributed by atoms with Crippen molar-refractivity contribution in [2.75, 3.05) is 0 Å². The molecule has 5 heteroatoms. The van der Waals surface area contributed by atoms with Crippen molar-refractivity contribution in [3.63, 3.8) is 0 Å². The first-order valence-corrected chi connectivity index (χ1v) is 6.98. The second-order valence-electron chi connectivity index (χ2n) is 4.49. The average molecular weight is 335 g/mol. The number of hydrogen-bond acceptors (Lipinski definition) is 2. The van der Waals surface area contributed by atoms with Gasteiger partial charge in [0.25, 0.3) is 0 Å². The lowest BCUT2D eigenvalue weighted by molar-refractivity contribution is -0.144. The van der Waals surface area contributed by atoms with Crippen LogP contribution in [0.15, 0.2) is 22.7 Å². The Kier molecular flexibility index (Phi) is 5.63. The van der Waals surface area contributed by atoms with Crippen LogP contribution in [-0.4, -0.2) is 16.6 Å². The molecule has 3 nitrogen and oxygen atoms in total. The molecule has 100 valence electrons. The Hall–Kier alpha value is -0.580. The van der Waals surface area contributed by atoms with Gasteiger partial charge in [-0.25, -0.2) is 0 Å². The number of hydrogen-bond donors (Lipinski definition) is 2. The molecule has 1 atom stereocenters. The summed E-state index contributed by atoms with van der Waals surface area (Å²) in [7, 11) is 0. The van der Waals surface area contributed by atoms with E-state index in [1.165, 1.54) is 0 Å². The van der Waals surface area contributed by atoms with Gasteiger partial charge in [0.2, 0.25) is 0 Å². The van der Waals surface area contributed by atoms with Crippen LogP contribution in [0.4, 0.5) is 0 Å². The van der Waals surface area contributed by atoms with E-state index >= 15 is 0 Å². The third kappa shape index (κ3) is 3.97. The molecule has 18 heavy (non-hydrogen) atoms. The molecule has 1 rings (SSSR count). The lowest BCUT2D eigenvalue weighted by Gasteiger charge is -2.26. The molecule has 0 spiro atoms. The number of benzene rings is 1. The smallest absolute Gasteiger partial charge is 0.323 e. The number of nitrogens with one attached hydrogen (secondary N) is 1. The first-order valence-electron chi connectivity index (χ1n) is 5.81. The highest BCUT2D eigenvalue weighted by Gasteiger charge is 2.31. The van der Waals surface area contributed by atoms with Crippen LogP contribution in [0.1, 0.15) is 32.3 Å². The van der Waals surface area contributed by atoms with Crippen LogP contribution >= 0.6 is 27.5 Å². The Morgan fingerprint density at radius 3 is 2.72 bits per heavy atom. The predicted octanol–water partition coefficient (Wildman–Crippen LogP) is 3.84. The van der Waals surface area contributed by atoms with Gasteiger partial charge in [0, 0.05) is 11.0 Å². The minimum Gasteiger partial charge on any atom is -0.480 e. The molecule has 0 saturated carbocycles. The Labute approximate surface area is 121 Å². The molecule has 1 aromatic rings. The summed E-state index contributed by atoms with van der Waals surface area (Å²) in [5.41, 5.74) is 0.0701. The first-order chi connectivity index (χ1) is 8.39. The van der Waals surface area contributed by atoms with Gasteiger partial charge in [-0.2, -0.15) is 0 Å². The first kappa shape index (κ1) is 15.5. The zero-order chi connectivity index (χ0) is 13.8. The van der Waals surface area contributed by atoms with E-state index in [9.17, 15) is 9.90 Å². The van der Waals surface area contributed by atoms with Crippen LogP contribution in [0.3, 0.4) is 0 Å². The van der Waals surface area contributed by atoms with E-state index in [0.29, 0.717) is 18.0 Å². The van der Waals surface area contributed by atoms with Crippen molar-refractivity contribution in [1.82, 2.24) is 5.32 Å². The molecule has 1 aromatic carbocycles. The van der Waals surface area contributed by atoms with Crippen molar-refractivity contribution in [1.29, 1.82) is 0 Å². The summed E-state index contributed by atoms with van der Waals surface area (Å²) in [4.78, 5) is 11.3. The van der Waals surface area contributed by atoms with Crippen molar-refractivity contribution >= 4 is 33.5 Å². The third-order valence-electron chi connectivity index (χ3n) is 2.89. The van der Waals surface area contributed by atoms with Crippen LogP contribution in [-0.2, 0) is 11.3 Å². The molecule has 0 aromatic heterocycles. The molecule has 0 amide bonds. The van der Waals surface area contributed by atoms with Gasteiger partial charge in [0.1, 0.15) is 5.54 Å². The van der Waals surface area contributed by atoms with Gasteiger partial charge in [-0.15, -0.1) is 0 Å². The number of carboxylic acid groups (broad SMARTS) is 1. The van der Waals surface area contributed by atoms with Crippen LogP contribution < -0.4 is 5.32 Å². The van der Waals surface area contributed by atoms with E-state index in [4.69, 9.17) is 11.6 Å². The fourth-order valence-electron chi connectivity index (χ4n) is 1.72. The highest BCUT2D eigenvalue weighted by atomic mass is 79.9. The lowest BCUT2D eigenvalue weighted by atomic mass is 9.96. The van der Waals surface area contributed by atoms with Crippen LogP contribution in [0, 0.1) is 0 Å². The standard InChI is InChI=1S/C13H17BrClNO2/c1-3-6-13(2,12(17)18)16-8-9-4-5-10(14)11(15)7-9/h4-5,7,16H,3,6,8H2,1-2H3,(H,17,18). The molecular weight excluding hydrogens is 318 g/mol. The van der Waals surface area contributed by atoms with Crippen LogP contribution in [0.5, 0.6) is 0 Å². The summed E-state index contributed by atoms with van der Waals surface area (Å²) in [6.45, 7) is 4.16. The van der Waals surface area contributed by atoms with Crippen LogP contribution in [0.25, 0.3) is 0 Å². The van der Waals surface area contributed by atoms with Crippen LogP contribution in [0.2, 0.25) is 5.02 Å². The van der Waals surface area contributed by atoms with E-state index in [1.807, 2.05) is 25.1 Å². The molecule has 0 fully saturated rings. The van der Waals surface area contributed by atoms with Gasteiger partial charge in [-0.05, 0) is 47.0 Å². The van der Waals surface area contributed by atoms with E-state index in [0.717, 1.165) is 16.5 Å². The molecular formula is C13H17BrClNO2. The predicted molar refractivity (Wildman–Crippen MR) is 76.9 cm³/mol. The Morgan fingerprint density at radius 2 is 2.22 bits per heavy atom. The molecule has 0 bridgehead atoms. The van der Waals surface area contributed by atoms with Gasteiger partial charge in [-0.3, -0.25) is 10.1 Å². The Balaban J connectivity index is 2.73. The molecule has 2 N–H and O–H groups in total. The largest absolute Gasteiger partial charge is 0.480 e. The summed E-state index contributed by atoms with van der Waals surface area (Å²) < 4.78 is 0.836. The SMILES string of the molecule is CCCC(C)(NCc1ccc(Br)c(Cl)c1)C(=O)O. The summed E-state index contributed by atoms with van der Waals surface area (Å²) in [6.07, 6.45) is 1.41. The maximum atomic E-state index is 11.3. The van der Waals surface area contributed by atoms with Crippen molar-refractivity contribution in [2.24, 2.45) is 0 Å². The van der Waals surface area contributed by atoms with Gasteiger partial charge in [0.05, 0.1) is 5.02 Å². The molecule has 0 aliphatic rings. The molecule has 0 heterocycles. The fraction of sp³-hybridized carbons (Fsp3) is 0.462. The van der Waals surface area contributed by atoms with Crippen molar-refractivity contribution in [2.45, 2.75) is 38.8 Å². The third-order valence-corrected chi connectivity index (χ3v) is 4.12. The van der Waals surface area contributed by atoms with E-state index in [-0.39, 0.29) is 0 Å². The van der Waals surface area contributed by atoms with Gasteiger partial charge in [-0.1, -0.05) is 31.0 Å². The Bertz CT molecular complexity index is 439. The number of halogens is 2. The molecule has 0 aliphatic carbocycles. The molecule has 1 unspecified atom stereocenters. The monoisotopic (exact) mass is 333 g/mol. The van der Waals surface area contributed by atoms with Gasteiger partial charge < -0.3 is 5.11 Å². The zero-order valence-electron chi connectivity index (χ0n) is 10.5.